The minimum Gasteiger partial charge on any atom is -0.507 e. The fraction of sp³-hybridized carbons (Fsp3) is 0.500. The van der Waals surface area contributed by atoms with E-state index in [0.717, 1.165) is 29.7 Å². The highest BCUT2D eigenvalue weighted by Crippen LogP contribution is 2.43. The number of ether oxygens (including phenoxy) is 1. The van der Waals surface area contributed by atoms with Gasteiger partial charge in [0.05, 0.1) is 0 Å². The molecule has 1 aliphatic heterocycles. The van der Waals surface area contributed by atoms with Crippen LogP contribution in [0.2, 0.25) is 0 Å². The second-order valence-corrected chi connectivity index (χ2v) is 5.73. The number of rotatable bonds is 2. The zero-order valence-corrected chi connectivity index (χ0v) is 11.7. The van der Waals surface area contributed by atoms with Gasteiger partial charge in [0, 0.05) is 11.1 Å². The molecule has 0 aliphatic carbocycles. The Balaban J connectivity index is 2.44. The maximum atomic E-state index is 10.0. The Morgan fingerprint density at radius 1 is 1.44 bits per heavy atom. The third-order valence-electron chi connectivity index (χ3n) is 3.41. The average molecular weight is 246 g/mol. The van der Waals surface area contributed by atoms with Crippen LogP contribution in [0, 0.1) is 0 Å². The molecule has 18 heavy (non-hydrogen) atoms. The number of phenols is 1. The van der Waals surface area contributed by atoms with Gasteiger partial charge in [0.2, 0.25) is 0 Å². The van der Waals surface area contributed by atoms with E-state index in [1.165, 1.54) is 0 Å². The number of aromatic hydroxyl groups is 1. The monoisotopic (exact) mass is 246 g/mol. The largest absolute Gasteiger partial charge is 0.507 e. The standard InChI is InChI=1S/C16H22O2/c1-5-6-7-12-8-15-13(9-14(12)17)11(2)10-16(3,4)18-15/h6-9,11,17H,5,10H2,1-4H3/b7-6+. The molecule has 0 amide bonds. The van der Waals surface area contributed by atoms with Gasteiger partial charge in [-0.1, -0.05) is 26.0 Å². The molecule has 1 aliphatic rings. The molecule has 2 rings (SSSR count). The second kappa shape index (κ2) is 4.68. The summed E-state index contributed by atoms with van der Waals surface area (Å²) in [5.41, 5.74) is 1.82. The van der Waals surface area contributed by atoms with Crippen LogP contribution in [0.5, 0.6) is 11.5 Å². The molecule has 0 spiro atoms. The van der Waals surface area contributed by atoms with Crippen LogP contribution in [0.3, 0.4) is 0 Å². The highest BCUT2D eigenvalue weighted by Gasteiger charge is 2.31. The first-order chi connectivity index (χ1) is 8.43. The summed E-state index contributed by atoms with van der Waals surface area (Å²) in [5, 5.41) is 10.0. The van der Waals surface area contributed by atoms with Crippen molar-refractivity contribution in [3.8, 4) is 11.5 Å². The van der Waals surface area contributed by atoms with E-state index >= 15 is 0 Å². The van der Waals surface area contributed by atoms with Gasteiger partial charge in [-0.3, -0.25) is 0 Å². The zero-order chi connectivity index (χ0) is 13.3. The Morgan fingerprint density at radius 2 is 2.17 bits per heavy atom. The lowest BCUT2D eigenvalue weighted by atomic mass is 9.85. The van der Waals surface area contributed by atoms with Gasteiger partial charge in [-0.15, -0.1) is 0 Å². The van der Waals surface area contributed by atoms with Crippen molar-refractivity contribution in [3.05, 3.63) is 29.3 Å². The minimum absolute atomic E-state index is 0.130. The number of fused-ring (bicyclic) bond motifs is 1. The van der Waals surface area contributed by atoms with E-state index in [1.54, 1.807) is 0 Å². The Hall–Kier alpha value is -1.44. The molecule has 1 heterocycles. The molecule has 0 bridgehead atoms. The third-order valence-corrected chi connectivity index (χ3v) is 3.41. The van der Waals surface area contributed by atoms with Crippen molar-refractivity contribution in [2.24, 2.45) is 0 Å². The first-order valence-electron chi connectivity index (χ1n) is 6.65. The van der Waals surface area contributed by atoms with Crippen molar-refractivity contribution >= 4 is 6.08 Å². The molecule has 1 unspecified atom stereocenters. The van der Waals surface area contributed by atoms with Gasteiger partial charge in [-0.05, 0) is 44.7 Å². The Kier molecular flexibility index (Phi) is 3.38. The van der Waals surface area contributed by atoms with Crippen LogP contribution in [0.1, 0.15) is 57.6 Å². The normalized spacial score (nSPS) is 21.7. The van der Waals surface area contributed by atoms with E-state index < -0.39 is 0 Å². The van der Waals surface area contributed by atoms with E-state index in [-0.39, 0.29) is 5.60 Å². The summed E-state index contributed by atoms with van der Waals surface area (Å²) in [5.74, 6) is 1.67. The van der Waals surface area contributed by atoms with E-state index in [2.05, 4.69) is 27.7 Å². The van der Waals surface area contributed by atoms with Crippen LogP contribution < -0.4 is 4.74 Å². The van der Waals surface area contributed by atoms with Gasteiger partial charge in [-0.25, -0.2) is 0 Å². The molecule has 98 valence electrons. The summed E-state index contributed by atoms with van der Waals surface area (Å²) in [7, 11) is 0. The van der Waals surface area contributed by atoms with Crippen LogP contribution in [-0.4, -0.2) is 10.7 Å². The molecule has 0 aromatic heterocycles. The summed E-state index contributed by atoms with van der Waals surface area (Å²) in [6.45, 7) is 8.49. The zero-order valence-electron chi connectivity index (χ0n) is 11.7. The third kappa shape index (κ3) is 2.53. The number of hydrogen-bond donors (Lipinski definition) is 1. The number of allylic oxidation sites excluding steroid dienone is 1. The van der Waals surface area contributed by atoms with Crippen LogP contribution in [0.15, 0.2) is 18.2 Å². The lowest BCUT2D eigenvalue weighted by Gasteiger charge is -2.36. The smallest absolute Gasteiger partial charge is 0.124 e. The summed E-state index contributed by atoms with van der Waals surface area (Å²) in [6, 6.07) is 3.80. The van der Waals surface area contributed by atoms with Crippen LogP contribution >= 0.6 is 0 Å². The SMILES string of the molecule is CC/C=C/c1cc2c(cc1O)C(C)CC(C)(C)O2. The Bertz CT molecular complexity index is 472. The molecule has 0 saturated carbocycles. The van der Waals surface area contributed by atoms with Crippen molar-refractivity contribution in [2.75, 3.05) is 0 Å². The summed E-state index contributed by atoms with van der Waals surface area (Å²) < 4.78 is 6.02. The van der Waals surface area contributed by atoms with E-state index in [4.69, 9.17) is 4.74 Å². The minimum atomic E-state index is -0.130. The molecular weight excluding hydrogens is 224 g/mol. The highest BCUT2D eigenvalue weighted by atomic mass is 16.5. The highest BCUT2D eigenvalue weighted by molar-refractivity contribution is 5.62. The molecule has 0 radical (unpaired) electrons. The fourth-order valence-electron chi connectivity index (χ4n) is 2.64. The molecule has 1 aromatic rings. The van der Waals surface area contributed by atoms with Crippen molar-refractivity contribution in [1.29, 1.82) is 0 Å². The van der Waals surface area contributed by atoms with Crippen molar-refractivity contribution in [3.63, 3.8) is 0 Å². The molecule has 1 aromatic carbocycles. The number of phenolic OH excluding ortho intramolecular Hbond substituents is 1. The van der Waals surface area contributed by atoms with Crippen molar-refractivity contribution in [1.82, 2.24) is 0 Å². The molecule has 1 atom stereocenters. The lowest BCUT2D eigenvalue weighted by molar-refractivity contribution is 0.0744. The van der Waals surface area contributed by atoms with Crippen molar-refractivity contribution in [2.45, 2.75) is 52.1 Å². The summed E-state index contributed by atoms with van der Waals surface area (Å²) >= 11 is 0. The number of benzene rings is 1. The van der Waals surface area contributed by atoms with Gasteiger partial charge in [0.15, 0.2) is 0 Å². The molecule has 2 nitrogen and oxygen atoms in total. The quantitative estimate of drug-likeness (QED) is 0.833. The number of hydrogen-bond acceptors (Lipinski definition) is 2. The van der Waals surface area contributed by atoms with Crippen LogP contribution in [0.25, 0.3) is 6.08 Å². The van der Waals surface area contributed by atoms with Crippen LogP contribution in [-0.2, 0) is 0 Å². The van der Waals surface area contributed by atoms with Gasteiger partial charge in [0.25, 0.3) is 0 Å². The summed E-state index contributed by atoms with van der Waals surface area (Å²) in [4.78, 5) is 0. The molecule has 0 saturated heterocycles. The topological polar surface area (TPSA) is 29.5 Å². The van der Waals surface area contributed by atoms with Crippen molar-refractivity contribution < 1.29 is 9.84 Å². The van der Waals surface area contributed by atoms with E-state index in [9.17, 15) is 5.11 Å². The Morgan fingerprint density at radius 3 is 2.83 bits per heavy atom. The molecular formula is C16H22O2. The first-order valence-corrected chi connectivity index (χ1v) is 6.65. The lowest BCUT2D eigenvalue weighted by Crippen LogP contribution is -2.34. The Labute approximate surface area is 109 Å². The fourth-order valence-corrected chi connectivity index (χ4v) is 2.64. The predicted molar refractivity (Wildman–Crippen MR) is 75.2 cm³/mol. The van der Waals surface area contributed by atoms with E-state index in [1.807, 2.05) is 24.3 Å². The van der Waals surface area contributed by atoms with Gasteiger partial charge in [-0.2, -0.15) is 0 Å². The maximum absolute atomic E-state index is 10.0. The molecule has 2 heteroatoms. The van der Waals surface area contributed by atoms with Gasteiger partial charge >= 0.3 is 0 Å². The van der Waals surface area contributed by atoms with Crippen LogP contribution in [0.4, 0.5) is 0 Å². The molecule has 0 fully saturated rings. The van der Waals surface area contributed by atoms with E-state index in [0.29, 0.717) is 11.7 Å². The molecule has 1 N–H and O–H groups in total. The van der Waals surface area contributed by atoms with Gasteiger partial charge < -0.3 is 9.84 Å². The average Bonchev–Trinajstić information content (AvgIpc) is 2.26. The summed E-state index contributed by atoms with van der Waals surface area (Å²) in [6.07, 6.45) is 5.92. The van der Waals surface area contributed by atoms with Gasteiger partial charge in [0.1, 0.15) is 17.1 Å². The predicted octanol–water partition coefficient (Wildman–Crippen LogP) is 4.48. The first kappa shape index (κ1) is 13.0. The maximum Gasteiger partial charge on any atom is 0.124 e. The second-order valence-electron chi connectivity index (χ2n) is 5.73.